The van der Waals surface area contributed by atoms with E-state index in [0.717, 1.165) is 22.9 Å². The summed E-state index contributed by atoms with van der Waals surface area (Å²) in [4.78, 5) is 63.6. The lowest BCUT2D eigenvalue weighted by atomic mass is 9.91. The van der Waals surface area contributed by atoms with E-state index in [-0.39, 0.29) is 25.6 Å². The Morgan fingerprint density at radius 1 is 1.22 bits per heavy atom. The van der Waals surface area contributed by atoms with Crippen molar-refractivity contribution in [3.8, 4) is 0 Å². The summed E-state index contributed by atoms with van der Waals surface area (Å²) in [5.74, 6) is -1.94. The van der Waals surface area contributed by atoms with Crippen LogP contribution in [0.25, 0.3) is 0 Å². The first-order chi connectivity index (χ1) is 19.8. The molecule has 0 radical (unpaired) electrons. The van der Waals surface area contributed by atoms with Crippen molar-refractivity contribution >= 4 is 45.3 Å². The predicted molar refractivity (Wildman–Crippen MR) is 152 cm³/mol. The van der Waals surface area contributed by atoms with Crippen molar-refractivity contribution in [3.63, 3.8) is 0 Å². The maximum absolute atomic E-state index is 13.7. The number of hydrogen-bond acceptors (Lipinski definition) is 8. The summed E-state index contributed by atoms with van der Waals surface area (Å²) in [6, 6.07) is 9.18. The Morgan fingerprint density at radius 3 is 2.76 bits per heavy atom. The van der Waals surface area contributed by atoms with Crippen molar-refractivity contribution < 1.29 is 28.8 Å². The first kappa shape index (κ1) is 28.7. The highest BCUT2D eigenvalue weighted by atomic mass is 79.9. The molecule has 1 aromatic heterocycles. The van der Waals surface area contributed by atoms with E-state index in [1.807, 2.05) is 31.2 Å². The second-order valence-corrected chi connectivity index (χ2v) is 11.6. The van der Waals surface area contributed by atoms with E-state index in [1.165, 1.54) is 4.90 Å². The molecule has 3 atom stereocenters. The number of nitrogens with one attached hydrogen (secondary N) is 2. The van der Waals surface area contributed by atoms with Crippen LogP contribution in [0.15, 0.2) is 58.4 Å². The molecule has 3 aliphatic rings. The van der Waals surface area contributed by atoms with Crippen LogP contribution in [-0.2, 0) is 30.6 Å². The zero-order valence-electron chi connectivity index (χ0n) is 22.7. The molecule has 1 aromatic carbocycles. The molecule has 1 saturated carbocycles. The van der Waals surface area contributed by atoms with Crippen LogP contribution >= 0.6 is 15.9 Å². The molecule has 11 nitrogen and oxygen atoms in total. The fourth-order valence-corrected chi connectivity index (χ4v) is 5.49. The molecule has 1 aliphatic carbocycles. The summed E-state index contributed by atoms with van der Waals surface area (Å²) < 4.78 is 6.44. The van der Waals surface area contributed by atoms with Gasteiger partial charge >= 0.3 is 6.09 Å². The molecule has 2 N–H and O–H groups in total. The van der Waals surface area contributed by atoms with Crippen LogP contribution in [-0.4, -0.2) is 69.6 Å². The summed E-state index contributed by atoms with van der Waals surface area (Å²) in [6.07, 6.45) is 5.58. The molecule has 5 rings (SSSR count). The van der Waals surface area contributed by atoms with Crippen LogP contribution in [0.2, 0.25) is 0 Å². The number of nitrogens with zero attached hydrogens (tertiary/aromatic N) is 3. The maximum atomic E-state index is 13.7. The zero-order valence-corrected chi connectivity index (χ0v) is 24.3. The van der Waals surface area contributed by atoms with Crippen LogP contribution in [0.5, 0.6) is 0 Å². The number of carbonyl (C=O) groups is 4. The van der Waals surface area contributed by atoms with Gasteiger partial charge in [0.1, 0.15) is 12.6 Å². The number of hydrogen-bond donors (Lipinski definition) is 2. The lowest BCUT2D eigenvalue weighted by molar-refractivity contribution is -0.140. The van der Waals surface area contributed by atoms with E-state index in [1.54, 1.807) is 24.5 Å². The minimum absolute atomic E-state index is 0.0168. The quantitative estimate of drug-likeness (QED) is 0.386. The zero-order chi connectivity index (χ0) is 29.0. The average molecular weight is 627 g/mol. The third kappa shape index (κ3) is 6.92. The molecule has 41 heavy (non-hydrogen) atoms. The van der Waals surface area contributed by atoms with Gasteiger partial charge in [0.2, 0.25) is 11.7 Å². The van der Waals surface area contributed by atoms with Gasteiger partial charge in [0.25, 0.3) is 5.91 Å². The Balaban J connectivity index is 1.32. The largest absolute Gasteiger partial charge is 0.444 e. The summed E-state index contributed by atoms with van der Waals surface area (Å²) in [7, 11) is 0. The molecule has 0 unspecified atom stereocenters. The van der Waals surface area contributed by atoms with Crippen LogP contribution in [0.4, 0.5) is 4.79 Å². The van der Waals surface area contributed by atoms with Gasteiger partial charge in [0.15, 0.2) is 5.60 Å². The van der Waals surface area contributed by atoms with Gasteiger partial charge in [-0.25, -0.2) is 4.79 Å². The number of likely N-dealkylation sites (tertiary alicyclic amines) is 1. The number of oxime groups is 1. The Hall–Kier alpha value is -3.80. The van der Waals surface area contributed by atoms with Gasteiger partial charge in [-0.05, 0) is 37.5 Å². The van der Waals surface area contributed by atoms with Crippen molar-refractivity contribution in [2.24, 2.45) is 5.16 Å². The van der Waals surface area contributed by atoms with Gasteiger partial charge in [-0.1, -0.05) is 52.6 Å². The lowest BCUT2D eigenvalue weighted by Gasteiger charge is -2.25. The third-order valence-corrected chi connectivity index (χ3v) is 7.86. The summed E-state index contributed by atoms with van der Waals surface area (Å²) >= 11 is 3.47. The molecule has 1 saturated heterocycles. The maximum Gasteiger partial charge on any atom is 0.410 e. The summed E-state index contributed by atoms with van der Waals surface area (Å²) in [5.41, 5.74) is 1.32. The van der Waals surface area contributed by atoms with Crippen LogP contribution in [0.3, 0.4) is 0 Å². The Morgan fingerprint density at radius 2 is 2.05 bits per heavy atom. The van der Waals surface area contributed by atoms with Gasteiger partial charge in [-0.2, -0.15) is 0 Å². The van der Waals surface area contributed by atoms with Crippen LogP contribution < -0.4 is 10.6 Å². The number of ether oxygens (including phenoxy) is 1. The number of ketones is 1. The van der Waals surface area contributed by atoms with Crippen molar-refractivity contribution in [1.29, 1.82) is 0 Å². The number of carbonyl (C=O) groups excluding carboxylic acids is 4. The number of benzene rings is 1. The average Bonchev–Trinajstić information content (AvgIpc) is 3.56. The van der Waals surface area contributed by atoms with Crippen molar-refractivity contribution in [1.82, 2.24) is 20.5 Å². The van der Waals surface area contributed by atoms with Gasteiger partial charge in [0, 0.05) is 46.9 Å². The fraction of sp³-hybridized carbons (Fsp3) is 0.448. The second kappa shape index (κ2) is 12.4. The molecular weight excluding hydrogens is 594 g/mol. The number of rotatable bonds is 10. The topological polar surface area (TPSA) is 139 Å². The van der Waals surface area contributed by atoms with Gasteiger partial charge in [0.05, 0.1) is 18.3 Å². The van der Waals surface area contributed by atoms with Gasteiger partial charge in [-0.3, -0.25) is 24.3 Å². The molecule has 12 heteroatoms. The molecule has 2 aromatic rings. The fourth-order valence-electron chi connectivity index (χ4n) is 5.09. The van der Waals surface area contributed by atoms with Gasteiger partial charge < -0.3 is 20.2 Å². The number of pyridine rings is 1. The SMILES string of the molecule is CCC[C@H](NC(=O)[C@@H]1C[C@]2(CC(c3cccc(Br)c3)=NO2)CN1C(=O)OCc1cccnc1)C(=O)C(=O)NC1CC1. The summed E-state index contributed by atoms with van der Waals surface area (Å²) in [6.45, 7) is 1.90. The lowest BCUT2D eigenvalue weighted by Crippen LogP contribution is -2.53. The van der Waals surface area contributed by atoms with E-state index in [0.29, 0.717) is 30.5 Å². The molecule has 0 bridgehead atoms. The molecular formula is C29H32BrN5O6. The monoisotopic (exact) mass is 625 g/mol. The minimum Gasteiger partial charge on any atom is -0.444 e. The van der Waals surface area contributed by atoms with Crippen LogP contribution in [0, 0.1) is 0 Å². The molecule has 3 heterocycles. The van der Waals surface area contributed by atoms with Crippen molar-refractivity contribution in [3.05, 3.63) is 64.4 Å². The number of aromatic nitrogens is 1. The molecule has 2 fully saturated rings. The summed E-state index contributed by atoms with van der Waals surface area (Å²) in [5, 5.41) is 9.74. The van der Waals surface area contributed by atoms with Crippen molar-refractivity contribution in [2.45, 2.75) is 75.8 Å². The number of amides is 3. The molecule has 2 aliphatic heterocycles. The van der Waals surface area contributed by atoms with Crippen LogP contribution in [0.1, 0.15) is 56.6 Å². The number of halogens is 1. The molecule has 3 amide bonds. The Labute approximate surface area is 246 Å². The molecule has 216 valence electrons. The van der Waals surface area contributed by atoms with E-state index < -0.39 is 41.4 Å². The van der Waals surface area contributed by atoms with Crippen molar-refractivity contribution in [2.75, 3.05) is 6.54 Å². The first-order valence-corrected chi connectivity index (χ1v) is 14.5. The Bertz CT molecular complexity index is 1350. The predicted octanol–water partition coefficient (Wildman–Crippen LogP) is 3.25. The second-order valence-electron chi connectivity index (χ2n) is 10.7. The third-order valence-electron chi connectivity index (χ3n) is 7.37. The normalized spacial score (nSPS) is 22.0. The highest BCUT2D eigenvalue weighted by Gasteiger charge is 2.54. The Kier molecular flexibility index (Phi) is 8.67. The van der Waals surface area contributed by atoms with E-state index in [2.05, 4.69) is 36.7 Å². The highest BCUT2D eigenvalue weighted by Crippen LogP contribution is 2.39. The van der Waals surface area contributed by atoms with E-state index in [4.69, 9.17) is 9.57 Å². The van der Waals surface area contributed by atoms with E-state index >= 15 is 0 Å². The minimum atomic E-state index is -1.01. The highest BCUT2D eigenvalue weighted by molar-refractivity contribution is 9.10. The standard InChI is InChI=1S/C29H32BrN5O6/c1-2-5-22(25(36)27(38)32-21-9-10-21)33-26(37)24-14-29(13-23(34-41-29)19-7-3-8-20(30)12-19)17-35(24)28(39)40-16-18-6-4-11-31-15-18/h3-4,6-8,11-12,15,21-22,24H,2,5,9-10,13-14,16-17H2,1H3,(H,32,38)(H,33,37)/t22-,24-,29+/m0/s1. The van der Waals surface area contributed by atoms with E-state index in [9.17, 15) is 19.2 Å². The number of Topliss-reactive ketones (excluding diaryl/α,β-unsaturated/α-hetero) is 1. The molecule has 1 spiro atoms. The van der Waals surface area contributed by atoms with Gasteiger partial charge in [-0.15, -0.1) is 0 Å². The first-order valence-electron chi connectivity index (χ1n) is 13.8. The smallest absolute Gasteiger partial charge is 0.410 e.